The summed E-state index contributed by atoms with van der Waals surface area (Å²) in [6, 6.07) is 3.90. The first kappa shape index (κ1) is 15.5. The second kappa shape index (κ2) is 8.39. The Morgan fingerprint density at radius 3 is 2.80 bits per heavy atom. The smallest absolute Gasteiger partial charge is 0.308 e. The van der Waals surface area contributed by atoms with Gasteiger partial charge < -0.3 is 15.2 Å². The number of nitrogens with one attached hydrogen (secondary N) is 1. The van der Waals surface area contributed by atoms with Gasteiger partial charge in [0.15, 0.2) is 0 Å². The fourth-order valence-corrected chi connectivity index (χ4v) is 3.48. The molecule has 0 aliphatic heterocycles. The summed E-state index contributed by atoms with van der Waals surface area (Å²) in [4.78, 5) is 12.7. The third-order valence-corrected chi connectivity index (χ3v) is 4.61. The molecule has 1 heterocycles. The van der Waals surface area contributed by atoms with Gasteiger partial charge in [0.1, 0.15) is 0 Å². The van der Waals surface area contributed by atoms with E-state index in [4.69, 9.17) is 9.84 Å². The number of ether oxygens (including phenoxy) is 1. The van der Waals surface area contributed by atoms with Crippen molar-refractivity contribution in [2.45, 2.75) is 51.2 Å². The van der Waals surface area contributed by atoms with Gasteiger partial charge in [-0.3, -0.25) is 4.79 Å². The molecule has 1 aromatic rings. The van der Waals surface area contributed by atoms with Gasteiger partial charge in [0, 0.05) is 22.8 Å². The molecule has 1 fully saturated rings. The van der Waals surface area contributed by atoms with E-state index in [9.17, 15) is 4.79 Å². The van der Waals surface area contributed by atoms with E-state index in [1.54, 1.807) is 11.3 Å². The number of hydrogen-bond acceptors (Lipinski definition) is 4. The summed E-state index contributed by atoms with van der Waals surface area (Å²) in [5, 5.41) is 12.1. The topological polar surface area (TPSA) is 58.6 Å². The molecule has 0 amide bonds. The molecule has 1 aliphatic carbocycles. The van der Waals surface area contributed by atoms with Crippen LogP contribution in [0.1, 0.15) is 41.9 Å². The third kappa shape index (κ3) is 5.61. The van der Waals surface area contributed by atoms with Gasteiger partial charge in [0.25, 0.3) is 0 Å². The third-order valence-electron chi connectivity index (χ3n) is 3.53. The van der Waals surface area contributed by atoms with Crippen molar-refractivity contribution in [3.05, 3.63) is 21.9 Å². The number of rotatable bonds is 8. The molecule has 1 aromatic heterocycles. The summed E-state index contributed by atoms with van der Waals surface area (Å²) in [5.74, 6) is -0.771. The maximum atomic E-state index is 10.6. The molecule has 0 radical (unpaired) electrons. The summed E-state index contributed by atoms with van der Waals surface area (Å²) < 4.78 is 5.84. The Labute approximate surface area is 124 Å². The first-order valence-corrected chi connectivity index (χ1v) is 8.17. The van der Waals surface area contributed by atoms with E-state index in [2.05, 4.69) is 5.32 Å². The van der Waals surface area contributed by atoms with Crippen molar-refractivity contribution in [3.63, 3.8) is 0 Å². The van der Waals surface area contributed by atoms with E-state index in [1.165, 1.54) is 37.0 Å². The van der Waals surface area contributed by atoms with Crippen molar-refractivity contribution in [2.75, 3.05) is 13.2 Å². The molecule has 0 aromatic carbocycles. The molecule has 0 bridgehead atoms. The van der Waals surface area contributed by atoms with Crippen molar-refractivity contribution in [1.82, 2.24) is 5.32 Å². The van der Waals surface area contributed by atoms with Crippen LogP contribution in [0.5, 0.6) is 0 Å². The van der Waals surface area contributed by atoms with Crippen molar-refractivity contribution >= 4 is 17.3 Å². The Kier molecular flexibility index (Phi) is 6.50. The zero-order chi connectivity index (χ0) is 14.2. The molecule has 2 N–H and O–H groups in total. The van der Waals surface area contributed by atoms with Gasteiger partial charge in [-0.2, -0.15) is 0 Å². The lowest BCUT2D eigenvalue weighted by molar-refractivity contribution is -0.136. The van der Waals surface area contributed by atoms with Gasteiger partial charge in [-0.15, -0.1) is 11.3 Å². The maximum Gasteiger partial charge on any atom is 0.308 e. The lowest BCUT2D eigenvalue weighted by Crippen LogP contribution is -2.24. The molecular weight excluding hydrogens is 274 g/mol. The van der Waals surface area contributed by atoms with E-state index in [1.807, 2.05) is 12.1 Å². The van der Waals surface area contributed by atoms with Crippen LogP contribution in [0.15, 0.2) is 12.1 Å². The zero-order valence-electron chi connectivity index (χ0n) is 11.8. The molecule has 0 saturated heterocycles. The molecule has 2 rings (SSSR count). The Balaban J connectivity index is 1.56. The Morgan fingerprint density at radius 1 is 1.30 bits per heavy atom. The molecule has 5 heteroatoms. The summed E-state index contributed by atoms with van der Waals surface area (Å²) in [7, 11) is 0. The van der Waals surface area contributed by atoms with Crippen molar-refractivity contribution in [1.29, 1.82) is 0 Å². The van der Waals surface area contributed by atoms with Crippen LogP contribution in [0.3, 0.4) is 0 Å². The van der Waals surface area contributed by atoms with Gasteiger partial charge in [-0.25, -0.2) is 0 Å². The standard InChI is InChI=1S/C15H23NO3S/c17-15(18)10-13-6-7-14(20-13)11-16-8-9-19-12-4-2-1-3-5-12/h6-7,12,16H,1-5,8-11H2,(H,17,18). The number of carboxylic acid groups (broad SMARTS) is 1. The highest BCUT2D eigenvalue weighted by Crippen LogP contribution is 2.20. The van der Waals surface area contributed by atoms with Crippen LogP contribution in [0.25, 0.3) is 0 Å². The molecule has 1 aliphatic rings. The first-order valence-electron chi connectivity index (χ1n) is 7.36. The van der Waals surface area contributed by atoms with Gasteiger partial charge in [-0.05, 0) is 25.0 Å². The van der Waals surface area contributed by atoms with E-state index in [0.29, 0.717) is 6.10 Å². The van der Waals surface area contributed by atoms with Crippen LogP contribution >= 0.6 is 11.3 Å². The highest BCUT2D eigenvalue weighted by Gasteiger charge is 2.12. The highest BCUT2D eigenvalue weighted by atomic mass is 32.1. The molecule has 0 unspecified atom stereocenters. The minimum absolute atomic E-state index is 0.120. The molecule has 1 saturated carbocycles. The number of carbonyl (C=O) groups is 1. The van der Waals surface area contributed by atoms with Crippen LogP contribution in [0.2, 0.25) is 0 Å². The fraction of sp³-hybridized carbons (Fsp3) is 0.667. The summed E-state index contributed by atoms with van der Waals surface area (Å²) in [6.45, 7) is 2.40. The SMILES string of the molecule is O=C(O)Cc1ccc(CNCCOC2CCCCC2)s1. The number of carboxylic acids is 1. The summed E-state index contributed by atoms with van der Waals surface area (Å²) >= 11 is 1.56. The Bertz CT molecular complexity index is 413. The van der Waals surface area contributed by atoms with E-state index < -0.39 is 5.97 Å². The van der Waals surface area contributed by atoms with Crippen LogP contribution in [-0.2, 0) is 22.5 Å². The van der Waals surface area contributed by atoms with Gasteiger partial charge in [-0.1, -0.05) is 19.3 Å². The second-order valence-corrected chi connectivity index (χ2v) is 6.50. The zero-order valence-corrected chi connectivity index (χ0v) is 12.6. The maximum absolute atomic E-state index is 10.6. The van der Waals surface area contributed by atoms with Crippen LogP contribution in [0, 0.1) is 0 Å². The Hall–Kier alpha value is -0.910. The van der Waals surface area contributed by atoms with Crippen molar-refractivity contribution in [3.8, 4) is 0 Å². The highest BCUT2D eigenvalue weighted by molar-refractivity contribution is 7.12. The predicted molar refractivity (Wildman–Crippen MR) is 80.2 cm³/mol. The monoisotopic (exact) mass is 297 g/mol. The largest absolute Gasteiger partial charge is 0.481 e. The van der Waals surface area contributed by atoms with Gasteiger partial charge in [0.05, 0.1) is 19.1 Å². The Morgan fingerprint density at radius 2 is 2.05 bits per heavy atom. The molecule has 0 atom stereocenters. The molecule has 0 spiro atoms. The molecule has 112 valence electrons. The average Bonchev–Trinajstić information content (AvgIpc) is 2.86. The minimum atomic E-state index is -0.771. The second-order valence-electron chi connectivity index (χ2n) is 5.25. The number of thiophene rings is 1. The van der Waals surface area contributed by atoms with Crippen LogP contribution in [0.4, 0.5) is 0 Å². The quantitative estimate of drug-likeness (QED) is 0.724. The van der Waals surface area contributed by atoms with E-state index >= 15 is 0 Å². The molecule has 4 nitrogen and oxygen atoms in total. The van der Waals surface area contributed by atoms with Crippen molar-refractivity contribution < 1.29 is 14.6 Å². The minimum Gasteiger partial charge on any atom is -0.481 e. The normalized spacial score (nSPS) is 16.4. The molecular formula is C15H23NO3S. The van der Waals surface area contributed by atoms with Gasteiger partial charge >= 0.3 is 5.97 Å². The predicted octanol–water partition coefficient (Wildman–Crippen LogP) is 2.81. The summed E-state index contributed by atoms with van der Waals surface area (Å²) in [6.07, 6.45) is 6.98. The summed E-state index contributed by atoms with van der Waals surface area (Å²) in [5.41, 5.74) is 0. The van der Waals surface area contributed by atoms with Gasteiger partial charge in [0.2, 0.25) is 0 Å². The van der Waals surface area contributed by atoms with E-state index in [-0.39, 0.29) is 6.42 Å². The van der Waals surface area contributed by atoms with Crippen LogP contribution in [-0.4, -0.2) is 30.3 Å². The fourth-order valence-electron chi connectivity index (χ4n) is 2.50. The number of hydrogen-bond donors (Lipinski definition) is 2. The lowest BCUT2D eigenvalue weighted by Gasteiger charge is -2.21. The van der Waals surface area contributed by atoms with E-state index in [0.717, 1.165) is 24.6 Å². The first-order chi connectivity index (χ1) is 9.74. The molecule has 20 heavy (non-hydrogen) atoms. The average molecular weight is 297 g/mol. The number of aliphatic carboxylic acids is 1. The lowest BCUT2D eigenvalue weighted by atomic mass is 9.98. The van der Waals surface area contributed by atoms with Crippen LogP contribution < -0.4 is 5.32 Å². The van der Waals surface area contributed by atoms with Crippen molar-refractivity contribution in [2.24, 2.45) is 0 Å².